The normalized spacial score (nSPS) is 59.9. The van der Waals surface area contributed by atoms with Crippen LogP contribution in [0, 0.1) is 71.0 Å². The highest BCUT2D eigenvalue weighted by Gasteiger charge is 2.79. The molecule has 6 aliphatic rings. The van der Waals surface area contributed by atoms with Gasteiger partial charge in [0.2, 0.25) is 0 Å². The highest BCUT2D eigenvalue weighted by atomic mass is 35.5. The Kier molecular flexibility index (Phi) is 3.94. The molecule has 0 aromatic rings. The maximum absolute atomic E-state index is 13.1. The molecule has 0 unspecified atom stereocenters. The molecule has 14 atom stereocenters. The fourth-order valence-electron chi connectivity index (χ4n) is 9.97. The molecular formula is C22H28Cl2O4. The van der Waals surface area contributed by atoms with E-state index in [2.05, 4.69) is 0 Å². The van der Waals surface area contributed by atoms with Gasteiger partial charge in [-0.1, -0.05) is 0 Å². The van der Waals surface area contributed by atoms with E-state index in [0.29, 0.717) is 47.3 Å². The van der Waals surface area contributed by atoms with Gasteiger partial charge < -0.3 is 9.47 Å². The van der Waals surface area contributed by atoms with Crippen LogP contribution < -0.4 is 0 Å². The molecule has 6 rings (SSSR count). The molecule has 6 saturated carbocycles. The quantitative estimate of drug-likeness (QED) is 0.500. The van der Waals surface area contributed by atoms with Crippen molar-refractivity contribution in [2.45, 2.75) is 36.4 Å². The van der Waals surface area contributed by atoms with E-state index in [1.165, 1.54) is 14.2 Å². The molecule has 0 aliphatic heterocycles. The first kappa shape index (κ1) is 18.3. The van der Waals surface area contributed by atoms with Gasteiger partial charge in [0, 0.05) is 10.8 Å². The molecule has 4 nitrogen and oxygen atoms in total. The minimum absolute atomic E-state index is 0.0494. The Morgan fingerprint density at radius 2 is 1.00 bits per heavy atom. The van der Waals surface area contributed by atoms with Gasteiger partial charge in [0.1, 0.15) is 0 Å². The number of ether oxygens (including phenoxy) is 2. The van der Waals surface area contributed by atoms with E-state index in [0.717, 1.165) is 25.7 Å². The van der Waals surface area contributed by atoms with Gasteiger partial charge in [-0.2, -0.15) is 0 Å². The van der Waals surface area contributed by atoms with Crippen molar-refractivity contribution in [1.29, 1.82) is 0 Å². The molecule has 6 heteroatoms. The molecule has 28 heavy (non-hydrogen) atoms. The zero-order chi connectivity index (χ0) is 19.5. The van der Waals surface area contributed by atoms with Gasteiger partial charge in [-0.3, -0.25) is 9.59 Å². The fraction of sp³-hybridized carbons (Fsp3) is 0.909. The predicted molar refractivity (Wildman–Crippen MR) is 104 cm³/mol. The summed E-state index contributed by atoms with van der Waals surface area (Å²) in [6.07, 6.45) is 4.12. The lowest BCUT2D eigenvalue weighted by Crippen LogP contribution is -2.37. The van der Waals surface area contributed by atoms with Gasteiger partial charge in [-0.15, -0.1) is 23.2 Å². The van der Waals surface area contributed by atoms with E-state index < -0.39 is 0 Å². The summed E-state index contributed by atoms with van der Waals surface area (Å²) in [7, 11) is 3.04. The summed E-state index contributed by atoms with van der Waals surface area (Å²) in [5.41, 5.74) is 0. The Morgan fingerprint density at radius 1 is 0.607 bits per heavy atom. The molecule has 0 aromatic carbocycles. The highest BCUT2D eigenvalue weighted by Crippen LogP contribution is 2.80. The van der Waals surface area contributed by atoms with E-state index in [4.69, 9.17) is 32.7 Å². The highest BCUT2D eigenvalue weighted by molar-refractivity contribution is 6.21. The number of halogens is 2. The first-order chi connectivity index (χ1) is 13.5. The maximum atomic E-state index is 13.1. The number of alkyl halides is 2. The average molecular weight is 427 g/mol. The third kappa shape index (κ3) is 1.91. The van der Waals surface area contributed by atoms with Gasteiger partial charge in [-0.25, -0.2) is 0 Å². The van der Waals surface area contributed by atoms with E-state index in [1.54, 1.807) is 0 Å². The van der Waals surface area contributed by atoms with Crippen LogP contribution in [-0.2, 0) is 19.1 Å². The first-order valence-corrected chi connectivity index (χ1v) is 11.8. The maximum Gasteiger partial charge on any atom is 0.309 e. The number of carbonyl (C=O) groups is 2. The third-order valence-corrected chi connectivity index (χ3v) is 11.1. The molecule has 0 bridgehead atoms. The van der Waals surface area contributed by atoms with Gasteiger partial charge in [0.05, 0.1) is 26.1 Å². The van der Waals surface area contributed by atoms with Crippen LogP contribution in [0.4, 0.5) is 0 Å². The number of rotatable bonds is 2. The van der Waals surface area contributed by atoms with Gasteiger partial charge in [0.25, 0.3) is 0 Å². The van der Waals surface area contributed by atoms with Crippen LogP contribution in [0.15, 0.2) is 0 Å². The molecule has 6 fully saturated rings. The number of methoxy groups -OCH3 is 2. The van der Waals surface area contributed by atoms with Gasteiger partial charge >= 0.3 is 11.9 Å². The number of esters is 2. The average Bonchev–Trinajstić information content (AvgIpc) is 3.45. The summed E-state index contributed by atoms with van der Waals surface area (Å²) in [6, 6.07) is 0. The van der Waals surface area contributed by atoms with Crippen LogP contribution in [0.5, 0.6) is 0 Å². The van der Waals surface area contributed by atoms with Crippen molar-refractivity contribution in [3.63, 3.8) is 0 Å². The van der Waals surface area contributed by atoms with Crippen LogP contribution >= 0.6 is 23.2 Å². The third-order valence-electron chi connectivity index (χ3n) is 10.1. The van der Waals surface area contributed by atoms with Crippen LogP contribution in [0.1, 0.15) is 25.7 Å². The topological polar surface area (TPSA) is 52.6 Å². The molecule has 154 valence electrons. The Hall–Kier alpha value is -0.480. The number of carbonyl (C=O) groups excluding carboxylic acids is 2. The fourth-order valence-corrected chi connectivity index (χ4v) is 10.9. The summed E-state index contributed by atoms with van der Waals surface area (Å²) in [5, 5.41) is 0.229. The minimum Gasteiger partial charge on any atom is -0.469 e. The molecule has 0 saturated heterocycles. The SMILES string of the molecule is COC(=O)[C@H]1[C@H]2[C@@H]3[C@H]4[C@@H]([C@H](C(=O)OC)[C@@H]3[C@@H]3CC[C@@H](Cl)[C@@H]32)[C@@H]2[C@@H](CC[C@H]2Cl)[C@H]14. The second kappa shape index (κ2) is 6.03. The summed E-state index contributed by atoms with van der Waals surface area (Å²) in [5.74, 6) is 3.32. The van der Waals surface area contributed by atoms with E-state index in [1.807, 2.05) is 0 Å². The molecule has 0 amide bonds. The second-order valence-corrected chi connectivity index (χ2v) is 11.4. The van der Waals surface area contributed by atoms with Crippen molar-refractivity contribution in [2.75, 3.05) is 14.2 Å². The summed E-state index contributed by atoms with van der Waals surface area (Å²) in [6.45, 7) is 0. The molecule has 0 N–H and O–H groups in total. The lowest BCUT2D eigenvalue weighted by atomic mass is 9.72. The first-order valence-electron chi connectivity index (χ1n) is 10.9. The Bertz CT molecular complexity index is 667. The van der Waals surface area contributed by atoms with E-state index in [-0.39, 0.29) is 46.4 Å². The Balaban J connectivity index is 1.53. The van der Waals surface area contributed by atoms with Crippen molar-refractivity contribution in [2.24, 2.45) is 71.0 Å². The zero-order valence-corrected chi connectivity index (χ0v) is 17.8. The van der Waals surface area contributed by atoms with Gasteiger partial charge in [-0.05, 0) is 84.9 Å². The largest absolute Gasteiger partial charge is 0.469 e. The van der Waals surface area contributed by atoms with Crippen LogP contribution in [0.2, 0.25) is 0 Å². The molecular weight excluding hydrogens is 399 g/mol. The Labute approximate surface area is 176 Å². The molecule has 0 spiro atoms. The van der Waals surface area contributed by atoms with E-state index >= 15 is 0 Å². The second-order valence-electron chi connectivity index (χ2n) is 10.2. The lowest BCUT2D eigenvalue weighted by Gasteiger charge is -2.33. The Morgan fingerprint density at radius 3 is 1.36 bits per heavy atom. The van der Waals surface area contributed by atoms with Crippen molar-refractivity contribution in [3.05, 3.63) is 0 Å². The molecule has 0 heterocycles. The number of hydrogen-bond acceptors (Lipinski definition) is 4. The van der Waals surface area contributed by atoms with Gasteiger partial charge in [0.15, 0.2) is 0 Å². The molecule has 0 radical (unpaired) electrons. The standard InChI is InChI=1S/C22H28Cl2O4/c1-27-21(25)19-13-7-3-5-10(24)12(7)16-17(13)18-14(20(16)22(26)28-2)8-4-6-9(23)11(8)15(18)19/h7-20H,3-6H2,1-2H3/t7-,8-,9-,10-,11-,12-,13-,14+,15+,16-,17-,18-,19-,20-/m1/s1. The minimum atomic E-state index is -0.0603. The lowest BCUT2D eigenvalue weighted by molar-refractivity contribution is -0.150. The zero-order valence-electron chi connectivity index (χ0n) is 16.3. The van der Waals surface area contributed by atoms with Crippen molar-refractivity contribution in [1.82, 2.24) is 0 Å². The predicted octanol–water partition coefficient (Wildman–Crippen LogP) is 3.58. The summed E-state index contributed by atoms with van der Waals surface area (Å²) < 4.78 is 10.7. The van der Waals surface area contributed by atoms with Crippen molar-refractivity contribution in [3.8, 4) is 0 Å². The van der Waals surface area contributed by atoms with E-state index in [9.17, 15) is 9.59 Å². The van der Waals surface area contributed by atoms with Crippen LogP contribution in [0.3, 0.4) is 0 Å². The smallest absolute Gasteiger partial charge is 0.309 e. The van der Waals surface area contributed by atoms with Crippen LogP contribution in [0.25, 0.3) is 0 Å². The number of fused-ring (bicyclic) bond motifs is 6. The monoisotopic (exact) mass is 426 g/mol. The van der Waals surface area contributed by atoms with Crippen LogP contribution in [-0.4, -0.2) is 36.9 Å². The van der Waals surface area contributed by atoms with Crippen molar-refractivity contribution < 1.29 is 19.1 Å². The number of hydrogen-bond donors (Lipinski definition) is 0. The summed E-state index contributed by atoms with van der Waals surface area (Å²) >= 11 is 13.7. The molecule has 0 aromatic heterocycles. The van der Waals surface area contributed by atoms with Crippen molar-refractivity contribution >= 4 is 35.1 Å². The molecule has 6 aliphatic carbocycles. The summed E-state index contributed by atoms with van der Waals surface area (Å²) in [4.78, 5) is 26.1.